The zero-order valence-corrected chi connectivity index (χ0v) is 9.33. The number of fused-ring (bicyclic) bond motifs is 1. The van der Waals surface area contributed by atoms with Gasteiger partial charge in [-0.3, -0.25) is 9.55 Å². The summed E-state index contributed by atoms with van der Waals surface area (Å²) in [5.41, 5.74) is 2.86. The van der Waals surface area contributed by atoms with Crippen molar-refractivity contribution in [2.45, 2.75) is 6.92 Å². The van der Waals surface area contributed by atoms with Crippen LogP contribution in [-0.2, 0) is 0 Å². The fraction of sp³-hybridized carbons (Fsp3) is 0.0769. The van der Waals surface area contributed by atoms with Crippen molar-refractivity contribution < 1.29 is 5.11 Å². The van der Waals surface area contributed by atoms with Crippen molar-refractivity contribution in [2.24, 2.45) is 0 Å². The summed E-state index contributed by atoms with van der Waals surface area (Å²) < 4.78 is 2.02. The third kappa shape index (κ3) is 1.54. The number of aryl methyl sites for hydroxylation is 1. The normalized spacial score (nSPS) is 10.9. The predicted octanol–water partition coefficient (Wildman–Crippen LogP) is 2.43. The number of aromatic hydroxyl groups is 1. The summed E-state index contributed by atoms with van der Waals surface area (Å²) in [4.78, 5) is 8.59. The van der Waals surface area contributed by atoms with Crippen molar-refractivity contribution in [3.63, 3.8) is 0 Å². The number of hydrogen-bond donors (Lipinski definition) is 1. The minimum Gasteiger partial charge on any atom is -0.508 e. The molecule has 0 amide bonds. The van der Waals surface area contributed by atoms with Crippen LogP contribution in [0.5, 0.6) is 5.75 Å². The minimum atomic E-state index is 0.258. The third-order valence-electron chi connectivity index (χ3n) is 2.73. The van der Waals surface area contributed by atoms with Gasteiger partial charge >= 0.3 is 0 Å². The van der Waals surface area contributed by atoms with E-state index in [1.807, 2.05) is 29.7 Å². The molecule has 0 bridgehead atoms. The van der Waals surface area contributed by atoms with Crippen LogP contribution in [-0.4, -0.2) is 19.6 Å². The van der Waals surface area contributed by atoms with Crippen molar-refractivity contribution in [1.82, 2.24) is 14.5 Å². The van der Waals surface area contributed by atoms with Gasteiger partial charge in [-0.25, -0.2) is 4.98 Å². The zero-order valence-electron chi connectivity index (χ0n) is 9.33. The fourth-order valence-electron chi connectivity index (χ4n) is 1.97. The van der Waals surface area contributed by atoms with E-state index in [4.69, 9.17) is 0 Å². The van der Waals surface area contributed by atoms with Crippen LogP contribution in [0.15, 0.2) is 42.7 Å². The standard InChI is InChI=1S/C13H11N3O/c1-9-15-12-6-7-14-8-13(12)16(9)10-2-4-11(17)5-3-10/h2-8,17H,1H3. The molecular formula is C13H11N3O. The van der Waals surface area contributed by atoms with Crippen LogP contribution in [0.25, 0.3) is 16.7 Å². The molecule has 0 radical (unpaired) electrons. The topological polar surface area (TPSA) is 50.9 Å². The first-order valence-electron chi connectivity index (χ1n) is 5.34. The first kappa shape index (κ1) is 9.84. The summed E-state index contributed by atoms with van der Waals surface area (Å²) in [7, 11) is 0. The van der Waals surface area contributed by atoms with Crippen LogP contribution < -0.4 is 0 Å². The molecule has 3 aromatic rings. The lowest BCUT2D eigenvalue weighted by atomic mass is 10.3. The Morgan fingerprint density at radius 2 is 1.88 bits per heavy atom. The summed E-state index contributed by atoms with van der Waals surface area (Å²) in [6.45, 7) is 1.95. The lowest BCUT2D eigenvalue weighted by Crippen LogP contribution is -1.96. The number of aromatic nitrogens is 3. The minimum absolute atomic E-state index is 0.258. The quantitative estimate of drug-likeness (QED) is 0.692. The van der Waals surface area contributed by atoms with E-state index in [1.165, 1.54) is 0 Å². The van der Waals surface area contributed by atoms with Crippen LogP contribution in [0.4, 0.5) is 0 Å². The van der Waals surface area contributed by atoms with Gasteiger partial charge < -0.3 is 5.11 Å². The molecule has 1 N–H and O–H groups in total. The maximum atomic E-state index is 9.30. The molecule has 84 valence electrons. The molecule has 2 heterocycles. The number of pyridine rings is 1. The van der Waals surface area contributed by atoms with E-state index in [-0.39, 0.29) is 5.75 Å². The number of nitrogens with zero attached hydrogens (tertiary/aromatic N) is 3. The summed E-state index contributed by atoms with van der Waals surface area (Å²) in [5.74, 6) is 1.16. The predicted molar refractivity (Wildman–Crippen MR) is 65.3 cm³/mol. The maximum Gasteiger partial charge on any atom is 0.115 e. The van der Waals surface area contributed by atoms with Crippen LogP contribution in [0.1, 0.15) is 5.82 Å². The van der Waals surface area contributed by atoms with Crippen LogP contribution in [0.3, 0.4) is 0 Å². The van der Waals surface area contributed by atoms with Crippen molar-refractivity contribution >= 4 is 11.0 Å². The number of phenols is 1. The van der Waals surface area contributed by atoms with E-state index < -0.39 is 0 Å². The molecule has 0 atom stereocenters. The number of benzene rings is 1. The molecule has 0 aliphatic heterocycles. The molecule has 0 aliphatic carbocycles. The smallest absolute Gasteiger partial charge is 0.115 e. The molecule has 1 aromatic carbocycles. The highest BCUT2D eigenvalue weighted by molar-refractivity contribution is 5.77. The Kier molecular flexibility index (Phi) is 2.08. The Morgan fingerprint density at radius 1 is 1.12 bits per heavy atom. The molecule has 4 heteroatoms. The Morgan fingerprint density at radius 3 is 2.65 bits per heavy atom. The first-order valence-corrected chi connectivity index (χ1v) is 5.34. The van der Waals surface area contributed by atoms with E-state index in [0.29, 0.717) is 0 Å². The van der Waals surface area contributed by atoms with Gasteiger partial charge in [0.05, 0.1) is 17.2 Å². The highest BCUT2D eigenvalue weighted by atomic mass is 16.3. The second-order valence-electron chi connectivity index (χ2n) is 3.88. The average molecular weight is 225 g/mol. The van der Waals surface area contributed by atoms with Crippen molar-refractivity contribution in [3.8, 4) is 11.4 Å². The Labute approximate surface area is 98.2 Å². The van der Waals surface area contributed by atoms with Crippen molar-refractivity contribution in [2.75, 3.05) is 0 Å². The number of imidazole rings is 1. The lowest BCUT2D eigenvalue weighted by Gasteiger charge is -2.06. The number of hydrogen-bond acceptors (Lipinski definition) is 3. The molecule has 2 aromatic heterocycles. The lowest BCUT2D eigenvalue weighted by molar-refractivity contribution is 0.475. The fourth-order valence-corrected chi connectivity index (χ4v) is 1.97. The van der Waals surface area contributed by atoms with Gasteiger partial charge in [-0.15, -0.1) is 0 Å². The highest BCUT2D eigenvalue weighted by Crippen LogP contribution is 2.21. The largest absolute Gasteiger partial charge is 0.508 e. The molecular weight excluding hydrogens is 214 g/mol. The molecule has 0 fully saturated rings. The average Bonchev–Trinajstić information content (AvgIpc) is 2.66. The van der Waals surface area contributed by atoms with E-state index in [1.54, 1.807) is 24.5 Å². The monoisotopic (exact) mass is 225 g/mol. The molecule has 0 saturated heterocycles. The Bertz CT molecular complexity index is 671. The van der Waals surface area contributed by atoms with Gasteiger partial charge in [0.25, 0.3) is 0 Å². The van der Waals surface area contributed by atoms with E-state index in [0.717, 1.165) is 22.5 Å². The van der Waals surface area contributed by atoms with E-state index in [9.17, 15) is 5.11 Å². The van der Waals surface area contributed by atoms with Gasteiger partial charge in [-0.05, 0) is 37.3 Å². The summed E-state index contributed by atoms with van der Waals surface area (Å²) in [6, 6.07) is 8.93. The van der Waals surface area contributed by atoms with Crippen LogP contribution in [0.2, 0.25) is 0 Å². The molecule has 0 spiro atoms. The van der Waals surface area contributed by atoms with Gasteiger partial charge in [0.1, 0.15) is 11.6 Å². The Balaban J connectivity index is 2.29. The Hall–Kier alpha value is -2.36. The van der Waals surface area contributed by atoms with Crippen molar-refractivity contribution in [3.05, 3.63) is 48.5 Å². The number of rotatable bonds is 1. The zero-order chi connectivity index (χ0) is 11.8. The molecule has 17 heavy (non-hydrogen) atoms. The summed E-state index contributed by atoms with van der Waals surface area (Å²) in [6.07, 6.45) is 3.53. The SMILES string of the molecule is Cc1nc2ccncc2n1-c1ccc(O)cc1. The van der Waals surface area contributed by atoms with Gasteiger partial charge in [0.15, 0.2) is 0 Å². The second-order valence-corrected chi connectivity index (χ2v) is 3.88. The molecule has 4 nitrogen and oxygen atoms in total. The van der Waals surface area contributed by atoms with Crippen molar-refractivity contribution in [1.29, 1.82) is 0 Å². The first-order chi connectivity index (χ1) is 8.25. The van der Waals surface area contributed by atoms with Gasteiger partial charge in [0.2, 0.25) is 0 Å². The summed E-state index contributed by atoms with van der Waals surface area (Å²) >= 11 is 0. The van der Waals surface area contributed by atoms with E-state index >= 15 is 0 Å². The van der Waals surface area contributed by atoms with Gasteiger partial charge in [-0.1, -0.05) is 0 Å². The maximum absolute atomic E-state index is 9.30. The van der Waals surface area contributed by atoms with Gasteiger partial charge in [-0.2, -0.15) is 0 Å². The van der Waals surface area contributed by atoms with E-state index in [2.05, 4.69) is 9.97 Å². The highest BCUT2D eigenvalue weighted by Gasteiger charge is 2.08. The van der Waals surface area contributed by atoms with Crippen LogP contribution in [0, 0.1) is 6.92 Å². The van der Waals surface area contributed by atoms with Gasteiger partial charge in [0, 0.05) is 11.9 Å². The second kappa shape index (κ2) is 3.59. The molecule has 0 aliphatic rings. The molecule has 0 saturated carbocycles. The molecule has 3 rings (SSSR count). The van der Waals surface area contributed by atoms with Crippen LogP contribution >= 0.6 is 0 Å². The molecule has 0 unspecified atom stereocenters. The third-order valence-corrected chi connectivity index (χ3v) is 2.73. The number of phenolic OH excluding ortho intramolecular Hbond substituents is 1. The summed E-state index contributed by atoms with van der Waals surface area (Å²) in [5, 5.41) is 9.30.